The molecule has 0 saturated carbocycles. The quantitative estimate of drug-likeness (QED) is 0.0608. The topological polar surface area (TPSA) is 250 Å². The summed E-state index contributed by atoms with van der Waals surface area (Å²) in [5, 5.41) is 13.5. The highest BCUT2D eigenvalue weighted by Gasteiger charge is 2.41. The van der Waals surface area contributed by atoms with Gasteiger partial charge in [0.1, 0.15) is 53.4 Å². The molecule has 0 atom stereocenters. The van der Waals surface area contributed by atoms with Gasteiger partial charge in [-0.25, -0.2) is 9.07 Å². The smallest absolute Gasteiger partial charge is 0.434 e. The summed E-state index contributed by atoms with van der Waals surface area (Å²) in [6, 6.07) is 19.7. The molecule has 0 saturated heterocycles. The second kappa shape index (κ2) is 19.1. The minimum Gasteiger partial charge on any atom is -0.497 e. The third kappa shape index (κ3) is 9.67. The van der Waals surface area contributed by atoms with Crippen LogP contribution in [-0.4, -0.2) is 82.2 Å². The van der Waals surface area contributed by atoms with Gasteiger partial charge >= 0.3 is 6.18 Å². The van der Waals surface area contributed by atoms with Gasteiger partial charge in [-0.15, -0.1) is 0 Å². The Hall–Kier alpha value is -8.53. The maximum absolute atomic E-state index is 14.6. The first-order chi connectivity index (χ1) is 31.6. The lowest BCUT2D eigenvalue weighted by molar-refractivity contribution is -0.143. The molecule has 0 fully saturated rings. The molecule has 3 amide bonds. The average Bonchev–Trinajstić information content (AvgIpc) is 3.91. The molecule has 66 heavy (non-hydrogen) atoms. The lowest BCUT2D eigenvalue weighted by Gasteiger charge is -2.15. The number of nitrogens with one attached hydrogen (secondary N) is 3. The Bertz CT molecular complexity index is 3060. The van der Waals surface area contributed by atoms with Gasteiger partial charge < -0.3 is 46.0 Å². The number of hydrogen-bond donors (Lipinski definition) is 5. The summed E-state index contributed by atoms with van der Waals surface area (Å²) < 4.78 is 80.4. The van der Waals surface area contributed by atoms with Crippen molar-refractivity contribution in [3.05, 3.63) is 141 Å². The molecule has 340 valence electrons. The number of rotatable bonds is 16. The van der Waals surface area contributed by atoms with Crippen molar-refractivity contribution in [3.8, 4) is 34.2 Å². The van der Waals surface area contributed by atoms with Gasteiger partial charge in [-0.05, 0) is 42.0 Å². The lowest BCUT2D eigenvalue weighted by Crippen LogP contribution is -2.23. The molecule has 0 bridgehead atoms. The molecule has 0 spiro atoms. The van der Waals surface area contributed by atoms with Crippen LogP contribution in [0.5, 0.6) is 17.2 Å². The van der Waals surface area contributed by atoms with Gasteiger partial charge in [0.2, 0.25) is 0 Å². The van der Waals surface area contributed by atoms with Gasteiger partial charge in [-0.2, -0.15) is 28.1 Å². The van der Waals surface area contributed by atoms with Crippen molar-refractivity contribution in [3.63, 3.8) is 0 Å². The number of aromatic amines is 1. The molecule has 0 unspecified atom stereocenters. The number of nitrogen functional groups attached to an aromatic ring is 1. The van der Waals surface area contributed by atoms with Crippen LogP contribution < -0.4 is 41.9 Å². The lowest BCUT2D eigenvalue weighted by atomic mass is 10.0. The highest BCUT2D eigenvalue weighted by Crippen LogP contribution is 2.36. The number of H-pyrrole nitrogens is 1. The number of pyridine rings is 1. The Balaban J connectivity index is 0.972. The van der Waals surface area contributed by atoms with Crippen LogP contribution in [0.25, 0.3) is 27.7 Å². The van der Waals surface area contributed by atoms with E-state index in [2.05, 4.69) is 25.8 Å². The fourth-order valence-electron chi connectivity index (χ4n) is 6.82. The third-order valence-electron chi connectivity index (χ3n) is 9.89. The molecule has 18 nitrogen and oxygen atoms in total. The highest BCUT2D eigenvalue weighted by atomic mass is 19.4. The van der Waals surface area contributed by atoms with E-state index in [-0.39, 0.29) is 81.8 Å². The maximum Gasteiger partial charge on any atom is 0.434 e. The minimum absolute atomic E-state index is 0.00144. The van der Waals surface area contributed by atoms with Crippen LogP contribution in [-0.2, 0) is 17.5 Å². The van der Waals surface area contributed by atoms with Crippen LogP contribution in [0.3, 0.4) is 0 Å². The number of aromatic nitrogens is 5. The molecule has 0 aliphatic heterocycles. The van der Waals surface area contributed by atoms with Gasteiger partial charge in [0.25, 0.3) is 29.2 Å². The first-order valence-electron chi connectivity index (χ1n) is 19.5. The van der Waals surface area contributed by atoms with Crippen LogP contribution in [0.1, 0.15) is 47.1 Å². The summed E-state index contributed by atoms with van der Waals surface area (Å²) in [5.41, 5.74) is 9.76. The number of anilines is 2. The summed E-state index contributed by atoms with van der Waals surface area (Å²) in [4.78, 5) is 66.5. The molecule has 0 aliphatic carbocycles. The predicted octanol–water partition coefficient (Wildman–Crippen LogP) is 5.35. The van der Waals surface area contributed by atoms with E-state index in [1.165, 1.54) is 75.0 Å². The van der Waals surface area contributed by atoms with E-state index in [0.29, 0.717) is 15.8 Å². The number of carbonyl (C=O) groups is 4. The number of nitrogens with zero attached hydrogens (tertiary/aromatic N) is 4. The van der Waals surface area contributed by atoms with Crippen molar-refractivity contribution in [1.82, 2.24) is 29.9 Å². The van der Waals surface area contributed by atoms with Crippen molar-refractivity contribution in [2.45, 2.75) is 12.7 Å². The van der Waals surface area contributed by atoms with E-state index in [1.807, 2.05) is 0 Å². The van der Waals surface area contributed by atoms with Crippen molar-refractivity contribution in [2.24, 2.45) is 5.73 Å². The largest absolute Gasteiger partial charge is 0.497 e. The fourth-order valence-corrected chi connectivity index (χ4v) is 6.82. The number of primary amides is 1. The molecular formula is C44H37F4N9O9. The van der Waals surface area contributed by atoms with Crippen LogP contribution in [0, 0.1) is 5.82 Å². The van der Waals surface area contributed by atoms with Crippen LogP contribution >= 0.6 is 0 Å². The number of fused-ring (bicyclic) bond motifs is 1. The monoisotopic (exact) mass is 911 g/mol. The maximum atomic E-state index is 14.6. The number of benzene rings is 4. The number of ether oxygens (including phenoxy) is 4. The van der Waals surface area contributed by atoms with Crippen molar-refractivity contribution >= 4 is 45.9 Å². The zero-order valence-electron chi connectivity index (χ0n) is 34.7. The molecule has 4 aromatic carbocycles. The summed E-state index contributed by atoms with van der Waals surface area (Å²) in [6.07, 6.45) is -2.99. The van der Waals surface area contributed by atoms with E-state index in [4.69, 9.17) is 30.4 Å². The second-order valence-electron chi connectivity index (χ2n) is 14.1. The standard InChI is InChI=1S/C44H37F4N9O9/c1-63-27-17-26(54-43(62)32-21-53-56(38(32)44(46,47)48)33-5-3-4-30-29(33)12-13-51-41(30)60)18-28(19-27)66-15-14-65-22-35(58)57-39(49)36(40(50)59)37(55-57)24-8-6-23(7-9-24)20-52-42(61)31-16-25(45)10-11-34(31)64-2/h3-13,16-19,21H,14-15,20,22,49H2,1-2H3,(H2,50,59)(H,51,60)(H,52,61)(H,54,62). The Labute approximate surface area is 370 Å². The highest BCUT2D eigenvalue weighted by molar-refractivity contribution is 6.06. The number of halogens is 4. The van der Waals surface area contributed by atoms with E-state index in [0.717, 1.165) is 16.9 Å². The van der Waals surface area contributed by atoms with Gasteiger partial charge in [-0.3, -0.25) is 24.0 Å². The molecule has 3 aromatic heterocycles. The number of amides is 3. The fraction of sp³-hybridized carbons (Fsp3) is 0.159. The van der Waals surface area contributed by atoms with Crippen LogP contribution in [0.4, 0.5) is 29.1 Å². The predicted molar refractivity (Wildman–Crippen MR) is 229 cm³/mol. The summed E-state index contributed by atoms with van der Waals surface area (Å²) in [7, 11) is 2.68. The van der Waals surface area contributed by atoms with Crippen LogP contribution in [0.2, 0.25) is 0 Å². The number of hydrogen-bond acceptors (Lipinski definition) is 12. The summed E-state index contributed by atoms with van der Waals surface area (Å²) >= 11 is 0. The Morgan fingerprint density at radius 3 is 2.33 bits per heavy atom. The summed E-state index contributed by atoms with van der Waals surface area (Å²) in [6.45, 7) is -0.876. The number of carbonyl (C=O) groups excluding carboxylic acids is 4. The zero-order valence-corrected chi connectivity index (χ0v) is 34.7. The molecular weight excluding hydrogens is 875 g/mol. The van der Waals surface area contributed by atoms with Crippen molar-refractivity contribution < 1.29 is 55.7 Å². The van der Waals surface area contributed by atoms with Crippen molar-refractivity contribution in [2.75, 3.05) is 45.1 Å². The van der Waals surface area contributed by atoms with Gasteiger partial charge in [0.15, 0.2) is 5.69 Å². The average molecular weight is 912 g/mol. The molecule has 7 aromatic rings. The van der Waals surface area contributed by atoms with Gasteiger partial charge in [-0.1, -0.05) is 30.3 Å². The number of methoxy groups -OCH3 is 2. The second-order valence-corrected chi connectivity index (χ2v) is 14.1. The zero-order chi connectivity index (χ0) is 47.3. The minimum atomic E-state index is -5.05. The normalized spacial score (nSPS) is 11.3. The van der Waals surface area contributed by atoms with E-state index < -0.39 is 59.0 Å². The molecule has 0 aliphatic rings. The molecule has 7 N–H and O–H groups in total. The SMILES string of the molecule is COc1cc(NC(=O)c2cnn(-c3cccc4c(=O)[nH]ccc34)c2C(F)(F)F)cc(OCCOCC(=O)n2nc(-c3ccc(CNC(=O)c4cc(F)ccc4OC)cc3)c(C(N)=O)c2N)c1. The summed E-state index contributed by atoms with van der Waals surface area (Å²) in [5.74, 6) is -3.93. The molecule has 3 heterocycles. The Morgan fingerprint density at radius 2 is 1.62 bits per heavy atom. The van der Waals surface area contributed by atoms with E-state index in [1.54, 1.807) is 24.3 Å². The molecule has 0 radical (unpaired) electrons. The van der Waals surface area contributed by atoms with Crippen LogP contribution in [0.15, 0.2) is 102 Å². The van der Waals surface area contributed by atoms with Gasteiger partial charge in [0.05, 0.1) is 43.8 Å². The van der Waals surface area contributed by atoms with E-state index in [9.17, 15) is 41.5 Å². The van der Waals surface area contributed by atoms with Gasteiger partial charge in [0, 0.05) is 53.0 Å². The number of nitrogens with two attached hydrogens (primary N) is 2. The first-order valence-corrected chi connectivity index (χ1v) is 19.5. The molecule has 22 heteroatoms. The number of alkyl halides is 3. The van der Waals surface area contributed by atoms with Crippen molar-refractivity contribution in [1.29, 1.82) is 0 Å². The third-order valence-corrected chi connectivity index (χ3v) is 9.89. The van der Waals surface area contributed by atoms with E-state index >= 15 is 0 Å². The molecule has 7 rings (SSSR count). The Morgan fingerprint density at radius 1 is 0.864 bits per heavy atom. The first kappa shape index (κ1) is 45.5. The Kier molecular flexibility index (Phi) is 13.1.